The summed E-state index contributed by atoms with van der Waals surface area (Å²) in [5.74, 6) is -0.532. The molecule has 0 spiro atoms. The summed E-state index contributed by atoms with van der Waals surface area (Å²) in [6.07, 6.45) is 1.00. The van der Waals surface area contributed by atoms with Crippen LogP contribution in [0.2, 0.25) is 5.02 Å². The monoisotopic (exact) mass is 507 g/mol. The van der Waals surface area contributed by atoms with E-state index in [2.05, 4.69) is 14.8 Å². The number of hydrogen-bond acceptors (Lipinski definition) is 5. The van der Waals surface area contributed by atoms with Gasteiger partial charge in [-0.1, -0.05) is 29.8 Å². The number of aryl methyl sites for hydroxylation is 2. The highest BCUT2D eigenvalue weighted by Crippen LogP contribution is 2.25. The zero-order valence-corrected chi connectivity index (χ0v) is 20.4. The molecule has 0 aliphatic heterocycles. The minimum atomic E-state index is -3.82. The lowest BCUT2D eigenvalue weighted by Crippen LogP contribution is -2.15. The Kier molecular flexibility index (Phi) is 7.01. The minimum Gasteiger partial charge on any atom is -0.322 e. The van der Waals surface area contributed by atoms with Crippen LogP contribution in [-0.2, 0) is 20.0 Å². The Labute approximate surface area is 198 Å². The largest absolute Gasteiger partial charge is 0.322 e. The first-order valence-corrected chi connectivity index (χ1v) is 13.4. The molecule has 0 saturated heterocycles. The second kappa shape index (κ2) is 9.42. The lowest BCUT2D eigenvalue weighted by atomic mass is 10.1. The molecule has 1 amide bonds. The molecule has 0 radical (unpaired) electrons. The van der Waals surface area contributed by atoms with Gasteiger partial charge >= 0.3 is 0 Å². The maximum atomic E-state index is 12.8. The molecule has 0 aliphatic carbocycles. The van der Waals surface area contributed by atoms with E-state index >= 15 is 0 Å². The molecule has 0 fully saturated rings. The molecule has 0 bridgehead atoms. The van der Waals surface area contributed by atoms with Crippen molar-refractivity contribution in [1.82, 2.24) is 0 Å². The van der Waals surface area contributed by atoms with Crippen LogP contribution in [0.25, 0.3) is 0 Å². The molecule has 0 heterocycles. The van der Waals surface area contributed by atoms with E-state index in [1.165, 1.54) is 42.5 Å². The third kappa shape index (κ3) is 6.25. The molecule has 174 valence electrons. The number of halogens is 1. The number of sulfonamides is 2. The van der Waals surface area contributed by atoms with E-state index in [4.69, 9.17) is 11.6 Å². The molecule has 0 aliphatic rings. The average Bonchev–Trinajstić information content (AvgIpc) is 2.70. The summed E-state index contributed by atoms with van der Waals surface area (Å²) in [4.78, 5) is 12.6. The molecule has 0 unspecified atom stereocenters. The van der Waals surface area contributed by atoms with Crippen LogP contribution >= 0.6 is 11.6 Å². The molecule has 0 aromatic heterocycles. The number of anilines is 3. The van der Waals surface area contributed by atoms with Gasteiger partial charge in [-0.2, -0.15) is 0 Å². The lowest BCUT2D eigenvalue weighted by Gasteiger charge is -2.14. The average molecular weight is 508 g/mol. The Morgan fingerprint density at radius 2 is 1.39 bits per heavy atom. The van der Waals surface area contributed by atoms with E-state index in [0.717, 1.165) is 17.4 Å². The first-order chi connectivity index (χ1) is 15.4. The van der Waals surface area contributed by atoms with Crippen molar-refractivity contribution in [3.8, 4) is 0 Å². The van der Waals surface area contributed by atoms with Gasteiger partial charge in [0, 0.05) is 11.4 Å². The molecular formula is C22H22ClN3O5S2. The van der Waals surface area contributed by atoms with E-state index in [0.29, 0.717) is 11.4 Å². The number of benzene rings is 3. The van der Waals surface area contributed by atoms with Gasteiger partial charge in [0.25, 0.3) is 15.9 Å². The molecule has 3 aromatic carbocycles. The minimum absolute atomic E-state index is 0.0392. The number of para-hydroxylation sites is 1. The third-order valence-electron chi connectivity index (χ3n) is 4.66. The normalized spacial score (nSPS) is 11.6. The molecule has 3 aromatic rings. The van der Waals surface area contributed by atoms with Crippen molar-refractivity contribution in [2.24, 2.45) is 0 Å². The number of carbonyl (C=O) groups is 1. The van der Waals surface area contributed by atoms with Crippen LogP contribution in [0, 0.1) is 13.8 Å². The molecule has 8 nitrogen and oxygen atoms in total. The Morgan fingerprint density at radius 3 is 1.94 bits per heavy atom. The summed E-state index contributed by atoms with van der Waals surface area (Å²) < 4.78 is 53.1. The highest BCUT2D eigenvalue weighted by molar-refractivity contribution is 7.92. The Bertz CT molecular complexity index is 1400. The van der Waals surface area contributed by atoms with Crippen molar-refractivity contribution in [1.29, 1.82) is 0 Å². The van der Waals surface area contributed by atoms with Gasteiger partial charge in [0.1, 0.15) is 0 Å². The second-order valence-corrected chi connectivity index (χ2v) is 11.3. The quantitative estimate of drug-likeness (QED) is 0.438. The smallest absolute Gasteiger partial charge is 0.261 e. The summed E-state index contributed by atoms with van der Waals surface area (Å²) >= 11 is 6.12. The third-order valence-corrected chi connectivity index (χ3v) is 6.94. The van der Waals surface area contributed by atoms with Gasteiger partial charge in [-0.25, -0.2) is 16.8 Å². The zero-order chi connectivity index (χ0) is 24.4. The topological polar surface area (TPSA) is 121 Å². The van der Waals surface area contributed by atoms with Crippen LogP contribution in [0.4, 0.5) is 17.1 Å². The standard InChI is InChI=1S/C22H22ClN3O5S2/c1-14-5-4-6-15(2)21(14)26-33(30,31)18-10-7-16(8-11-18)24-22(27)19-12-9-17(13-20(19)23)25-32(3,28)29/h4-13,25-26H,1-3H3,(H,24,27). The van der Waals surface area contributed by atoms with Crippen LogP contribution < -0.4 is 14.8 Å². The van der Waals surface area contributed by atoms with E-state index in [1.54, 1.807) is 0 Å². The molecule has 0 saturated carbocycles. The highest BCUT2D eigenvalue weighted by atomic mass is 35.5. The molecule has 3 rings (SSSR count). The Balaban J connectivity index is 1.75. The van der Waals surface area contributed by atoms with Crippen LogP contribution in [0.5, 0.6) is 0 Å². The van der Waals surface area contributed by atoms with Crippen LogP contribution in [0.3, 0.4) is 0 Å². The molecule has 0 atom stereocenters. The van der Waals surface area contributed by atoms with Crippen molar-refractivity contribution in [2.45, 2.75) is 18.7 Å². The number of rotatable bonds is 7. The van der Waals surface area contributed by atoms with E-state index in [-0.39, 0.29) is 21.2 Å². The summed E-state index contributed by atoms with van der Waals surface area (Å²) in [6.45, 7) is 3.64. The number of amides is 1. The highest BCUT2D eigenvalue weighted by Gasteiger charge is 2.17. The van der Waals surface area contributed by atoms with Gasteiger partial charge in [-0.05, 0) is 67.4 Å². The number of hydrogen-bond donors (Lipinski definition) is 3. The lowest BCUT2D eigenvalue weighted by molar-refractivity contribution is 0.102. The second-order valence-electron chi connectivity index (χ2n) is 7.42. The SMILES string of the molecule is Cc1cccc(C)c1NS(=O)(=O)c1ccc(NC(=O)c2ccc(NS(C)(=O)=O)cc2Cl)cc1. The fourth-order valence-corrected chi connectivity index (χ4v) is 5.09. The predicted octanol–water partition coefficient (Wildman–Crippen LogP) is 4.38. The van der Waals surface area contributed by atoms with E-state index < -0.39 is 26.0 Å². The van der Waals surface area contributed by atoms with Gasteiger partial charge in [0.05, 0.1) is 27.4 Å². The number of nitrogens with one attached hydrogen (secondary N) is 3. The predicted molar refractivity (Wildman–Crippen MR) is 131 cm³/mol. The van der Waals surface area contributed by atoms with E-state index in [9.17, 15) is 21.6 Å². The van der Waals surface area contributed by atoms with Crippen LogP contribution in [0.15, 0.2) is 65.6 Å². The molecular weight excluding hydrogens is 486 g/mol. The maximum absolute atomic E-state index is 12.8. The molecule has 33 heavy (non-hydrogen) atoms. The van der Waals surface area contributed by atoms with Crippen molar-refractivity contribution < 1.29 is 21.6 Å². The maximum Gasteiger partial charge on any atom is 0.261 e. The van der Waals surface area contributed by atoms with Crippen molar-refractivity contribution in [3.05, 3.63) is 82.4 Å². The summed E-state index contributed by atoms with van der Waals surface area (Å²) in [7, 11) is -7.30. The Hall–Kier alpha value is -3.08. The van der Waals surface area contributed by atoms with Crippen molar-refractivity contribution >= 4 is 54.6 Å². The first-order valence-electron chi connectivity index (χ1n) is 9.63. The van der Waals surface area contributed by atoms with Gasteiger partial charge < -0.3 is 5.32 Å². The summed E-state index contributed by atoms with van der Waals surface area (Å²) in [5.41, 5.74) is 2.85. The van der Waals surface area contributed by atoms with E-state index in [1.807, 2.05) is 32.0 Å². The van der Waals surface area contributed by atoms with Gasteiger partial charge in [-0.15, -0.1) is 0 Å². The van der Waals surface area contributed by atoms with Gasteiger partial charge in [-0.3, -0.25) is 14.2 Å². The van der Waals surface area contributed by atoms with Crippen molar-refractivity contribution in [3.63, 3.8) is 0 Å². The van der Waals surface area contributed by atoms with Crippen molar-refractivity contribution in [2.75, 3.05) is 21.0 Å². The fourth-order valence-electron chi connectivity index (χ4n) is 3.06. The first kappa shape index (κ1) is 24.6. The number of carbonyl (C=O) groups excluding carboxylic acids is 1. The Morgan fingerprint density at radius 1 is 0.818 bits per heavy atom. The molecule has 3 N–H and O–H groups in total. The molecule has 11 heteroatoms. The summed E-state index contributed by atoms with van der Waals surface area (Å²) in [5, 5.41) is 2.69. The zero-order valence-electron chi connectivity index (χ0n) is 18.0. The van der Waals surface area contributed by atoms with Gasteiger partial charge in [0.2, 0.25) is 10.0 Å². The van der Waals surface area contributed by atoms with Crippen LogP contribution in [0.1, 0.15) is 21.5 Å². The summed E-state index contributed by atoms with van der Waals surface area (Å²) in [6, 6.07) is 15.3. The van der Waals surface area contributed by atoms with Crippen LogP contribution in [-0.4, -0.2) is 29.0 Å². The van der Waals surface area contributed by atoms with Gasteiger partial charge in [0.15, 0.2) is 0 Å². The fraction of sp³-hybridized carbons (Fsp3) is 0.136.